The van der Waals surface area contributed by atoms with Crippen molar-refractivity contribution in [1.82, 2.24) is 4.90 Å². The van der Waals surface area contributed by atoms with Gasteiger partial charge in [-0.05, 0) is 24.5 Å². The maximum atomic E-state index is 11.5. The van der Waals surface area contributed by atoms with E-state index < -0.39 is 0 Å². The molecule has 1 aromatic carbocycles. The molecule has 22 heavy (non-hydrogen) atoms. The van der Waals surface area contributed by atoms with Crippen LogP contribution in [0.25, 0.3) is 6.08 Å². The number of rotatable bonds is 2. The van der Waals surface area contributed by atoms with Crippen molar-refractivity contribution >= 4 is 17.9 Å². The molecule has 0 aliphatic carbocycles. The van der Waals surface area contributed by atoms with Gasteiger partial charge in [0, 0.05) is 24.7 Å². The molecule has 0 saturated carbocycles. The molecule has 0 atom stereocenters. The van der Waals surface area contributed by atoms with E-state index in [0.717, 1.165) is 37.2 Å². The first kappa shape index (κ1) is 14.5. The van der Waals surface area contributed by atoms with Gasteiger partial charge in [-0.3, -0.25) is 0 Å². The average Bonchev–Trinajstić information content (AvgIpc) is 3.10. The quantitative estimate of drug-likeness (QED) is 0.845. The first-order chi connectivity index (χ1) is 10.8. The molecule has 1 aromatic rings. The first-order valence-electron chi connectivity index (χ1n) is 7.47. The Bertz CT molecular complexity index is 652. The van der Waals surface area contributed by atoms with Crippen molar-refractivity contribution in [1.29, 1.82) is 0 Å². The molecule has 1 fully saturated rings. The van der Waals surface area contributed by atoms with Crippen molar-refractivity contribution in [3.63, 3.8) is 0 Å². The monoisotopic (exact) mass is 298 g/mol. The highest BCUT2D eigenvalue weighted by Crippen LogP contribution is 2.20. The Balaban J connectivity index is 1.69. The van der Waals surface area contributed by atoms with Gasteiger partial charge in [0.2, 0.25) is 0 Å². The molecular weight excluding hydrogens is 278 g/mol. The van der Waals surface area contributed by atoms with Gasteiger partial charge in [0.15, 0.2) is 0 Å². The van der Waals surface area contributed by atoms with Crippen molar-refractivity contribution in [2.45, 2.75) is 12.8 Å². The van der Waals surface area contributed by atoms with Gasteiger partial charge in [0.05, 0.1) is 7.11 Å². The van der Waals surface area contributed by atoms with E-state index in [0.29, 0.717) is 0 Å². The van der Waals surface area contributed by atoms with Crippen molar-refractivity contribution in [3.05, 3.63) is 53.2 Å². The van der Waals surface area contributed by atoms with Gasteiger partial charge in [0.25, 0.3) is 0 Å². The number of carbonyl (C=O) groups excluding carboxylic acids is 1. The zero-order chi connectivity index (χ0) is 15.4. The first-order valence-corrected chi connectivity index (χ1v) is 7.47. The minimum Gasteiger partial charge on any atom is -0.453 e. The average molecular weight is 298 g/mol. The van der Waals surface area contributed by atoms with E-state index in [9.17, 15) is 4.79 Å². The zero-order valence-electron chi connectivity index (χ0n) is 12.7. The molecule has 3 rings (SSSR count). The second kappa shape index (κ2) is 6.58. The van der Waals surface area contributed by atoms with Crippen LogP contribution < -0.4 is 5.43 Å². The van der Waals surface area contributed by atoms with Crippen LogP contribution in [0, 0.1) is 0 Å². The Morgan fingerprint density at radius 1 is 1.36 bits per heavy atom. The number of benzene rings is 1. The number of amides is 1. The van der Waals surface area contributed by atoms with E-state index in [2.05, 4.69) is 35.4 Å². The van der Waals surface area contributed by atoms with E-state index in [4.69, 9.17) is 4.74 Å². The van der Waals surface area contributed by atoms with Crippen LogP contribution in [0.15, 0.2) is 47.2 Å². The molecule has 2 aliphatic heterocycles. The maximum Gasteiger partial charge on any atom is 0.409 e. The van der Waals surface area contributed by atoms with Crippen LogP contribution >= 0.6 is 0 Å². The molecule has 1 amide bonds. The standard InChI is InChI=1S/C17H19N3O2/c1-22-17(21)20-9-6-13(7-10-20)11-14-3-2-4-15(12-14)16-5-8-18-19-16/h2-5,8,11-12H,6-7,9-10H2,1H3,(H,18,19)/p+1. The molecule has 0 aromatic heterocycles. The number of nitrogens with two attached hydrogens (primary N) is 1. The Hall–Kier alpha value is -2.40. The van der Waals surface area contributed by atoms with Gasteiger partial charge < -0.3 is 9.64 Å². The van der Waals surface area contributed by atoms with Crippen LogP contribution in [0.5, 0.6) is 0 Å². The number of methoxy groups -OCH3 is 1. The molecule has 1 saturated heterocycles. The fourth-order valence-electron chi connectivity index (χ4n) is 2.74. The Labute approximate surface area is 130 Å². The van der Waals surface area contributed by atoms with Gasteiger partial charge in [-0.1, -0.05) is 34.9 Å². The number of likely N-dealkylation sites (tertiary alicyclic amines) is 1. The molecule has 5 heteroatoms. The van der Waals surface area contributed by atoms with E-state index in [-0.39, 0.29) is 6.09 Å². The van der Waals surface area contributed by atoms with Gasteiger partial charge in [-0.2, -0.15) is 5.43 Å². The summed E-state index contributed by atoms with van der Waals surface area (Å²) in [6.45, 7) is 1.45. The molecule has 2 heterocycles. The summed E-state index contributed by atoms with van der Waals surface area (Å²) < 4.78 is 4.76. The molecule has 2 N–H and O–H groups in total. The largest absolute Gasteiger partial charge is 0.453 e. The molecule has 5 nitrogen and oxygen atoms in total. The minimum absolute atomic E-state index is 0.233. The minimum atomic E-state index is -0.233. The highest BCUT2D eigenvalue weighted by atomic mass is 16.5. The summed E-state index contributed by atoms with van der Waals surface area (Å²) in [4.78, 5) is 13.2. The van der Waals surface area contributed by atoms with Gasteiger partial charge in [-0.15, -0.1) is 0 Å². The van der Waals surface area contributed by atoms with Crippen molar-refractivity contribution in [2.75, 3.05) is 20.2 Å². The number of allylic oxidation sites excluding steroid dienone is 1. The summed E-state index contributed by atoms with van der Waals surface area (Å²) in [5.41, 5.74) is 6.49. The fourth-order valence-corrected chi connectivity index (χ4v) is 2.74. The lowest BCUT2D eigenvalue weighted by Gasteiger charge is -2.27. The zero-order valence-corrected chi connectivity index (χ0v) is 12.7. The molecular formula is C17H20N3O2+. The summed E-state index contributed by atoms with van der Waals surface area (Å²) in [7, 11) is 1.43. The van der Waals surface area contributed by atoms with Crippen LogP contribution in [0.4, 0.5) is 4.79 Å². The number of nitrogens with zero attached hydrogens (tertiary/aromatic N) is 2. The Kier molecular flexibility index (Phi) is 4.34. The second-order valence-electron chi connectivity index (χ2n) is 5.41. The normalized spacial score (nSPS) is 17.4. The van der Waals surface area contributed by atoms with E-state index >= 15 is 0 Å². The topological polar surface area (TPSA) is 58.5 Å². The predicted octanol–water partition coefficient (Wildman–Crippen LogP) is 1.73. The third-order valence-electron chi connectivity index (χ3n) is 3.95. The van der Waals surface area contributed by atoms with Gasteiger partial charge >= 0.3 is 6.09 Å². The number of quaternary nitrogens is 1. The van der Waals surface area contributed by atoms with Crippen molar-refractivity contribution < 1.29 is 15.0 Å². The fraction of sp³-hybridized carbons (Fsp3) is 0.294. The van der Waals surface area contributed by atoms with Crippen LogP contribution in [-0.2, 0) is 4.74 Å². The maximum absolute atomic E-state index is 11.5. The molecule has 0 bridgehead atoms. The summed E-state index contributed by atoms with van der Waals surface area (Å²) in [6.07, 6.45) is 7.75. The third-order valence-corrected chi connectivity index (χ3v) is 3.95. The summed E-state index contributed by atoms with van der Waals surface area (Å²) in [5.74, 6) is 0. The number of hydrogen-bond acceptors (Lipinski definition) is 3. The van der Waals surface area contributed by atoms with Gasteiger partial charge in [0.1, 0.15) is 11.9 Å². The number of carbonyl (C=O) groups is 1. The van der Waals surface area contributed by atoms with Crippen LogP contribution in [0.2, 0.25) is 0 Å². The predicted molar refractivity (Wildman–Crippen MR) is 85.2 cm³/mol. The number of ether oxygens (including phenoxy) is 1. The van der Waals surface area contributed by atoms with E-state index in [1.807, 2.05) is 17.7 Å². The Morgan fingerprint density at radius 3 is 2.86 bits per heavy atom. The number of piperidine rings is 1. The van der Waals surface area contributed by atoms with Crippen molar-refractivity contribution in [3.8, 4) is 0 Å². The highest BCUT2D eigenvalue weighted by molar-refractivity contribution is 6.08. The molecule has 0 radical (unpaired) electrons. The lowest BCUT2D eigenvalue weighted by molar-refractivity contribution is -0.590. The second-order valence-corrected chi connectivity index (χ2v) is 5.41. The molecule has 0 spiro atoms. The molecule has 0 unspecified atom stereocenters. The van der Waals surface area contributed by atoms with Crippen molar-refractivity contribution in [2.24, 2.45) is 5.10 Å². The van der Waals surface area contributed by atoms with E-state index in [1.54, 1.807) is 4.90 Å². The summed E-state index contributed by atoms with van der Waals surface area (Å²) >= 11 is 0. The lowest BCUT2D eigenvalue weighted by Crippen LogP contribution is -2.69. The van der Waals surface area contributed by atoms with Gasteiger partial charge in [-0.25, -0.2) is 4.79 Å². The summed E-state index contributed by atoms with van der Waals surface area (Å²) in [6, 6.07) is 8.39. The highest BCUT2D eigenvalue weighted by Gasteiger charge is 2.19. The van der Waals surface area contributed by atoms with Crippen LogP contribution in [0.3, 0.4) is 0 Å². The SMILES string of the molecule is COC(=O)N1CCC(=Cc2cccc(C3=N[NH2+]C=C3)c2)CC1. The van der Waals surface area contributed by atoms with Crippen LogP contribution in [0.1, 0.15) is 24.0 Å². The Morgan fingerprint density at radius 2 is 2.18 bits per heavy atom. The smallest absolute Gasteiger partial charge is 0.409 e. The number of hydrogen-bond donors (Lipinski definition) is 1. The molecule has 114 valence electrons. The van der Waals surface area contributed by atoms with E-state index in [1.165, 1.54) is 18.2 Å². The summed E-state index contributed by atoms with van der Waals surface area (Å²) in [5, 5.41) is 4.33. The third kappa shape index (κ3) is 3.26. The molecule has 2 aliphatic rings. The van der Waals surface area contributed by atoms with Crippen LogP contribution in [-0.4, -0.2) is 36.9 Å². The lowest BCUT2D eigenvalue weighted by atomic mass is 9.99.